The second kappa shape index (κ2) is 6.72. The zero-order chi connectivity index (χ0) is 12.8. The second-order valence-electron chi connectivity index (χ2n) is 3.89. The summed E-state index contributed by atoms with van der Waals surface area (Å²) in [6.45, 7) is 2.09. The van der Waals surface area contributed by atoms with E-state index >= 15 is 0 Å². The number of ether oxygens (including phenoxy) is 2. The lowest BCUT2D eigenvalue weighted by molar-refractivity contribution is 0.164. The fourth-order valence-electron chi connectivity index (χ4n) is 1.68. The molecule has 0 aliphatic rings. The van der Waals surface area contributed by atoms with Crippen LogP contribution in [0.15, 0.2) is 12.1 Å². The standard InChI is InChI=1S/C13H19ClO3/c1-4-5-6-11(15)9-7-12(16-2)13(17-3)8-10(9)14/h7-8,11,15H,4-6H2,1-3H3. The van der Waals surface area contributed by atoms with Crippen molar-refractivity contribution in [1.29, 1.82) is 0 Å². The minimum Gasteiger partial charge on any atom is -0.493 e. The van der Waals surface area contributed by atoms with Crippen LogP contribution >= 0.6 is 11.6 Å². The minimum absolute atomic E-state index is 0.506. The van der Waals surface area contributed by atoms with Crippen LogP contribution in [0, 0.1) is 0 Å². The topological polar surface area (TPSA) is 38.7 Å². The van der Waals surface area contributed by atoms with Crippen LogP contribution in [0.4, 0.5) is 0 Å². The zero-order valence-electron chi connectivity index (χ0n) is 10.5. The summed E-state index contributed by atoms with van der Waals surface area (Å²) in [5.41, 5.74) is 0.692. The molecule has 0 radical (unpaired) electrons. The van der Waals surface area contributed by atoms with Gasteiger partial charge in [0.15, 0.2) is 11.5 Å². The van der Waals surface area contributed by atoms with Crippen LogP contribution in [0.25, 0.3) is 0 Å². The Morgan fingerprint density at radius 3 is 2.35 bits per heavy atom. The summed E-state index contributed by atoms with van der Waals surface area (Å²) in [6, 6.07) is 3.41. The molecule has 0 aliphatic heterocycles. The highest BCUT2D eigenvalue weighted by Crippen LogP contribution is 2.36. The van der Waals surface area contributed by atoms with Crippen molar-refractivity contribution in [3.05, 3.63) is 22.7 Å². The first-order valence-corrected chi connectivity index (χ1v) is 6.11. The first kappa shape index (κ1) is 14.1. The van der Waals surface area contributed by atoms with Crippen LogP contribution in [0.2, 0.25) is 5.02 Å². The Morgan fingerprint density at radius 2 is 1.82 bits per heavy atom. The number of hydrogen-bond acceptors (Lipinski definition) is 3. The summed E-state index contributed by atoms with van der Waals surface area (Å²) in [5, 5.41) is 10.5. The SMILES string of the molecule is CCCCC(O)c1cc(OC)c(OC)cc1Cl. The molecule has 0 amide bonds. The Morgan fingerprint density at radius 1 is 1.24 bits per heavy atom. The monoisotopic (exact) mass is 258 g/mol. The van der Waals surface area contributed by atoms with Crippen LogP contribution in [-0.2, 0) is 0 Å². The van der Waals surface area contributed by atoms with E-state index in [0.29, 0.717) is 28.5 Å². The summed E-state index contributed by atoms with van der Waals surface area (Å²) in [4.78, 5) is 0. The minimum atomic E-state index is -0.553. The number of aliphatic hydroxyl groups excluding tert-OH is 1. The third-order valence-electron chi connectivity index (χ3n) is 2.69. The van der Waals surface area contributed by atoms with Crippen molar-refractivity contribution in [2.45, 2.75) is 32.3 Å². The number of hydrogen-bond donors (Lipinski definition) is 1. The van der Waals surface area contributed by atoms with Gasteiger partial charge in [0, 0.05) is 11.6 Å². The van der Waals surface area contributed by atoms with Gasteiger partial charge >= 0.3 is 0 Å². The van der Waals surface area contributed by atoms with Crippen molar-refractivity contribution >= 4 is 11.6 Å². The molecule has 0 fully saturated rings. The number of unbranched alkanes of at least 4 members (excludes halogenated alkanes) is 1. The maximum absolute atomic E-state index is 10.0. The molecule has 3 nitrogen and oxygen atoms in total. The van der Waals surface area contributed by atoms with Crippen molar-refractivity contribution in [2.24, 2.45) is 0 Å². The van der Waals surface area contributed by atoms with Gasteiger partial charge in [-0.25, -0.2) is 0 Å². The average molecular weight is 259 g/mol. The highest BCUT2D eigenvalue weighted by Gasteiger charge is 2.15. The Balaban J connectivity index is 2.99. The van der Waals surface area contributed by atoms with E-state index in [4.69, 9.17) is 21.1 Å². The van der Waals surface area contributed by atoms with Gasteiger partial charge < -0.3 is 14.6 Å². The fraction of sp³-hybridized carbons (Fsp3) is 0.538. The summed E-state index contributed by atoms with van der Waals surface area (Å²) >= 11 is 6.12. The van der Waals surface area contributed by atoms with Crippen molar-refractivity contribution in [1.82, 2.24) is 0 Å². The Labute approximate surface area is 107 Å². The molecule has 0 aromatic heterocycles. The molecule has 0 saturated carbocycles. The van der Waals surface area contributed by atoms with E-state index in [1.807, 2.05) is 0 Å². The molecule has 17 heavy (non-hydrogen) atoms. The van der Waals surface area contributed by atoms with E-state index in [0.717, 1.165) is 12.8 Å². The fourth-order valence-corrected chi connectivity index (χ4v) is 1.96. The lowest BCUT2D eigenvalue weighted by Gasteiger charge is -2.15. The van der Waals surface area contributed by atoms with E-state index in [1.54, 1.807) is 26.4 Å². The average Bonchev–Trinajstić information content (AvgIpc) is 2.35. The largest absolute Gasteiger partial charge is 0.493 e. The number of rotatable bonds is 6. The van der Waals surface area contributed by atoms with Gasteiger partial charge in [0.1, 0.15) is 0 Å². The molecule has 1 N–H and O–H groups in total. The summed E-state index contributed by atoms with van der Waals surface area (Å²) < 4.78 is 10.3. The van der Waals surface area contributed by atoms with Crippen LogP contribution < -0.4 is 9.47 Å². The zero-order valence-corrected chi connectivity index (χ0v) is 11.3. The maximum Gasteiger partial charge on any atom is 0.162 e. The molecule has 1 rings (SSSR count). The van der Waals surface area contributed by atoms with Gasteiger partial charge in [0.05, 0.1) is 25.3 Å². The Hall–Kier alpha value is -0.930. The first-order chi connectivity index (χ1) is 8.13. The second-order valence-corrected chi connectivity index (χ2v) is 4.29. The molecule has 1 aromatic carbocycles. The van der Waals surface area contributed by atoms with E-state index in [-0.39, 0.29) is 0 Å². The molecule has 1 unspecified atom stereocenters. The number of benzene rings is 1. The van der Waals surface area contributed by atoms with Crippen molar-refractivity contribution in [2.75, 3.05) is 14.2 Å². The van der Waals surface area contributed by atoms with Gasteiger partial charge in [0.25, 0.3) is 0 Å². The Kier molecular flexibility index (Phi) is 5.59. The lowest BCUT2D eigenvalue weighted by Crippen LogP contribution is -2.00. The molecule has 0 heterocycles. The van der Waals surface area contributed by atoms with Gasteiger partial charge in [0.2, 0.25) is 0 Å². The highest BCUT2D eigenvalue weighted by atomic mass is 35.5. The molecule has 0 saturated heterocycles. The molecule has 0 aliphatic carbocycles. The third-order valence-corrected chi connectivity index (χ3v) is 3.02. The third kappa shape index (κ3) is 3.51. The molecule has 4 heteroatoms. The molecule has 0 spiro atoms. The van der Waals surface area contributed by atoms with Crippen LogP contribution in [0.3, 0.4) is 0 Å². The smallest absolute Gasteiger partial charge is 0.162 e. The van der Waals surface area contributed by atoms with E-state index in [9.17, 15) is 5.11 Å². The predicted octanol–water partition coefficient (Wildman–Crippen LogP) is 3.58. The van der Waals surface area contributed by atoms with Gasteiger partial charge in [-0.05, 0) is 12.5 Å². The first-order valence-electron chi connectivity index (χ1n) is 5.73. The summed E-state index contributed by atoms with van der Waals surface area (Å²) in [5.74, 6) is 1.16. The lowest BCUT2D eigenvalue weighted by atomic mass is 10.0. The quantitative estimate of drug-likeness (QED) is 0.848. The van der Waals surface area contributed by atoms with Crippen LogP contribution in [-0.4, -0.2) is 19.3 Å². The van der Waals surface area contributed by atoms with Gasteiger partial charge in [-0.1, -0.05) is 31.4 Å². The highest BCUT2D eigenvalue weighted by molar-refractivity contribution is 6.31. The number of halogens is 1. The number of aliphatic hydroxyl groups is 1. The molecular formula is C13H19ClO3. The van der Waals surface area contributed by atoms with Crippen LogP contribution in [0.5, 0.6) is 11.5 Å². The van der Waals surface area contributed by atoms with Crippen molar-refractivity contribution in [3.8, 4) is 11.5 Å². The van der Waals surface area contributed by atoms with Gasteiger partial charge in [-0.15, -0.1) is 0 Å². The van der Waals surface area contributed by atoms with E-state index in [1.165, 1.54) is 0 Å². The van der Waals surface area contributed by atoms with Crippen molar-refractivity contribution < 1.29 is 14.6 Å². The van der Waals surface area contributed by atoms with Gasteiger partial charge in [-0.2, -0.15) is 0 Å². The maximum atomic E-state index is 10.0. The van der Waals surface area contributed by atoms with E-state index < -0.39 is 6.10 Å². The normalized spacial score (nSPS) is 12.3. The molecule has 96 valence electrons. The predicted molar refractivity (Wildman–Crippen MR) is 69.0 cm³/mol. The molecule has 1 atom stereocenters. The van der Waals surface area contributed by atoms with Crippen molar-refractivity contribution in [3.63, 3.8) is 0 Å². The molecule has 0 bridgehead atoms. The Bertz CT molecular complexity index is 366. The molecule has 1 aromatic rings. The van der Waals surface area contributed by atoms with Gasteiger partial charge in [-0.3, -0.25) is 0 Å². The van der Waals surface area contributed by atoms with Crippen LogP contribution in [0.1, 0.15) is 37.9 Å². The molecular weight excluding hydrogens is 240 g/mol. The summed E-state index contributed by atoms with van der Waals surface area (Å²) in [6.07, 6.45) is 2.15. The number of methoxy groups -OCH3 is 2. The van der Waals surface area contributed by atoms with E-state index in [2.05, 4.69) is 6.92 Å². The summed E-state index contributed by atoms with van der Waals surface area (Å²) in [7, 11) is 3.12.